The molecule has 0 bridgehead atoms. The van der Waals surface area contributed by atoms with Gasteiger partial charge in [-0.3, -0.25) is 4.98 Å². The molecule has 0 aliphatic carbocycles. The van der Waals surface area contributed by atoms with E-state index >= 15 is 0 Å². The number of hydrogen-bond donors (Lipinski definition) is 2. The summed E-state index contributed by atoms with van der Waals surface area (Å²) in [5, 5.41) is 22.1. The van der Waals surface area contributed by atoms with Crippen LogP contribution in [-0.4, -0.2) is 10.1 Å². The van der Waals surface area contributed by atoms with Crippen molar-refractivity contribution in [1.29, 1.82) is 5.26 Å². The van der Waals surface area contributed by atoms with Gasteiger partial charge in [-0.1, -0.05) is 42.5 Å². The minimum atomic E-state index is -0.415. The third-order valence-electron chi connectivity index (χ3n) is 5.80. The van der Waals surface area contributed by atoms with E-state index in [9.17, 15) is 9.50 Å². The fourth-order valence-electron chi connectivity index (χ4n) is 3.78. The summed E-state index contributed by atoms with van der Waals surface area (Å²) in [7, 11) is 0. The van der Waals surface area contributed by atoms with E-state index in [1.54, 1.807) is 61.7 Å². The van der Waals surface area contributed by atoms with Gasteiger partial charge in [0.15, 0.2) is 5.69 Å². The van der Waals surface area contributed by atoms with E-state index in [0.717, 1.165) is 11.1 Å². The van der Waals surface area contributed by atoms with Crippen molar-refractivity contribution in [3.05, 3.63) is 118 Å². The molecule has 0 aliphatic rings. The third-order valence-corrected chi connectivity index (χ3v) is 5.80. The number of hydrogen-bond acceptors (Lipinski definition) is 5. The summed E-state index contributed by atoms with van der Waals surface area (Å²) in [5.74, 6) is 0.0736. The number of halogens is 1. The average molecular weight is 479 g/mol. The molecule has 36 heavy (non-hydrogen) atoms. The Morgan fingerprint density at radius 2 is 1.81 bits per heavy atom. The lowest BCUT2D eigenvalue weighted by Crippen LogP contribution is -2.09. The number of pyridine rings is 1. The molecular weight excluding hydrogens is 455 g/mol. The molecule has 7 heteroatoms. The summed E-state index contributed by atoms with van der Waals surface area (Å²) in [4.78, 5) is 7.78. The Bertz CT molecular complexity index is 1450. The standard InChI is InChI=1S/C29H23FN4O2/c1-19-29(36-18-21-5-10-25(32-2)11-6-21)26(17-35)24(15-33-19)16-34-28-12-9-23(13-27(28)30)22-7-3-20(14-31)4-8-22/h3-13,15,34-35H,16-18H2,1H3. The van der Waals surface area contributed by atoms with E-state index in [0.29, 0.717) is 45.1 Å². The number of aliphatic hydroxyl groups is 1. The van der Waals surface area contributed by atoms with Crippen LogP contribution >= 0.6 is 0 Å². The lowest BCUT2D eigenvalue weighted by Gasteiger charge is -2.17. The predicted molar refractivity (Wildman–Crippen MR) is 136 cm³/mol. The molecule has 1 heterocycles. The van der Waals surface area contributed by atoms with Crippen molar-refractivity contribution in [2.45, 2.75) is 26.7 Å². The van der Waals surface area contributed by atoms with E-state index in [4.69, 9.17) is 16.6 Å². The largest absolute Gasteiger partial charge is 0.487 e. The molecule has 4 aromatic rings. The van der Waals surface area contributed by atoms with E-state index < -0.39 is 5.82 Å². The van der Waals surface area contributed by atoms with Crippen LogP contribution in [0.15, 0.2) is 72.9 Å². The number of aryl methyl sites for hydroxylation is 1. The summed E-state index contributed by atoms with van der Waals surface area (Å²) in [6.45, 7) is 9.10. The van der Waals surface area contributed by atoms with Crippen molar-refractivity contribution >= 4 is 11.4 Å². The zero-order valence-corrected chi connectivity index (χ0v) is 19.6. The molecule has 0 radical (unpaired) electrons. The van der Waals surface area contributed by atoms with E-state index in [-0.39, 0.29) is 19.8 Å². The molecule has 0 saturated heterocycles. The first-order valence-corrected chi connectivity index (χ1v) is 11.2. The van der Waals surface area contributed by atoms with Crippen molar-refractivity contribution in [1.82, 2.24) is 4.98 Å². The molecule has 0 saturated carbocycles. The summed E-state index contributed by atoms with van der Waals surface area (Å²) in [5.41, 5.74) is 5.74. The van der Waals surface area contributed by atoms with Gasteiger partial charge in [-0.2, -0.15) is 5.26 Å². The second-order valence-corrected chi connectivity index (χ2v) is 8.14. The molecule has 0 atom stereocenters. The van der Waals surface area contributed by atoms with Gasteiger partial charge in [0.05, 0.1) is 36.2 Å². The number of nitrogens with zero attached hydrogens (tertiary/aromatic N) is 3. The van der Waals surface area contributed by atoms with Gasteiger partial charge in [-0.25, -0.2) is 9.24 Å². The molecule has 2 N–H and O–H groups in total. The van der Waals surface area contributed by atoms with Gasteiger partial charge >= 0.3 is 0 Å². The quantitative estimate of drug-likeness (QED) is 0.290. The Balaban J connectivity index is 1.48. The Hall–Kier alpha value is -4.72. The second-order valence-electron chi connectivity index (χ2n) is 8.14. The number of nitrogens with one attached hydrogen (secondary N) is 1. The molecule has 178 valence electrons. The van der Waals surface area contributed by atoms with Crippen LogP contribution in [0, 0.1) is 30.6 Å². The fourth-order valence-corrected chi connectivity index (χ4v) is 3.78. The van der Waals surface area contributed by atoms with E-state index in [2.05, 4.69) is 21.2 Å². The van der Waals surface area contributed by atoms with Gasteiger partial charge in [-0.15, -0.1) is 0 Å². The maximum absolute atomic E-state index is 14.8. The van der Waals surface area contributed by atoms with Crippen LogP contribution in [0.3, 0.4) is 0 Å². The summed E-state index contributed by atoms with van der Waals surface area (Å²) in [6.07, 6.45) is 1.65. The van der Waals surface area contributed by atoms with Crippen molar-refractivity contribution in [3.8, 4) is 22.9 Å². The highest BCUT2D eigenvalue weighted by Gasteiger charge is 2.15. The summed E-state index contributed by atoms with van der Waals surface area (Å²) < 4.78 is 20.8. The number of aromatic nitrogens is 1. The van der Waals surface area contributed by atoms with Crippen LogP contribution in [0.1, 0.15) is 27.9 Å². The van der Waals surface area contributed by atoms with Crippen LogP contribution < -0.4 is 10.1 Å². The normalized spacial score (nSPS) is 10.4. The van der Waals surface area contributed by atoms with Crippen LogP contribution in [0.25, 0.3) is 16.0 Å². The van der Waals surface area contributed by atoms with Gasteiger partial charge in [0, 0.05) is 18.3 Å². The Kier molecular flexibility index (Phi) is 7.55. The Labute approximate surface area is 209 Å². The first-order valence-electron chi connectivity index (χ1n) is 11.2. The topological polar surface area (TPSA) is 82.5 Å². The highest BCUT2D eigenvalue weighted by Crippen LogP contribution is 2.29. The maximum Gasteiger partial charge on any atom is 0.187 e. The smallest absolute Gasteiger partial charge is 0.187 e. The number of ether oxygens (including phenoxy) is 1. The number of nitriles is 1. The van der Waals surface area contributed by atoms with Crippen LogP contribution in [0.5, 0.6) is 5.75 Å². The molecule has 0 amide bonds. The zero-order chi connectivity index (χ0) is 25.5. The zero-order valence-electron chi connectivity index (χ0n) is 19.6. The van der Waals surface area contributed by atoms with Gasteiger partial charge in [-0.05, 0) is 53.4 Å². The van der Waals surface area contributed by atoms with Crippen molar-refractivity contribution in [3.63, 3.8) is 0 Å². The van der Waals surface area contributed by atoms with Crippen LogP contribution in [-0.2, 0) is 19.8 Å². The summed E-state index contributed by atoms with van der Waals surface area (Å²) >= 11 is 0. The van der Waals surface area contributed by atoms with Crippen LogP contribution in [0.2, 0.25) is 0 Å². The van der Waals surface area contributed by atoms with Gasteiger partial charge in [0.25, 0.3) is 0 Å². The molecule has 4 rings (SSSR count). The molecule has 1 aromatic heterocycles. The predicted octanol–water partition coefficient (Wildman–Crippen LogP) is 6.30. The highest BCUT2D eigenvalue weighted by molar-refractivity contribution is 5.67. The monoisotopic (exact) mass is 478 g/mol. The number of rotatable bonds is 8. The first kappa shape index (κ1) is 24.4. The number of aliphatic hydroxyl groups excluding tert-OH is 1. The molecule has 0 unspecified atom stereocenters. The molecule has 0 fully saturated rings. The molecule has 3 aromatic carbocycles. The number of anilines is 1. The first-order chi connectivity index (χ1) is 17.5. The molecule has 0 spiro atoms. The van der Waals surface area contributed by atoms with Gasteiger partial charge < -0.3 is 15.2 Å². The minimum absolute atomic E-state index is 0.242. The van der Waals surface area contributed by atoms with Gasteiger partial charge in [0.1, 0.15) is 18.2 Å². The Morgan fingerprint density at radius 1 is 1.08 bits per heavy atom. The molecule has 6 nitrogen and oxygen atoms in total. The summed E-state index contributed by atoms with van der Waals surface area (Å²) in [6, 6.07) is 21.0. The van der Waals surface area contributed by atoms with Crippen LogP contribution in [0.4, 0.5) is 15.8 Å². The van der Waals surface area contributed by atoms with Crippen molar-refractivity contribution < 1.29 is 14.2 Å². The SMILES string of the molecule is [C-]#[N+]c1ccc(COc2c(C)ncc(CNc3ccc(-c4ccc(C#N)cc4)cc3F)c2CO)cc1. The highest BCUT2D eigenvalue weighted by atomic mass is 19.1. The van der Waals surface area contributed by atoms with Gasteiger partial charge in [0.2, 0.25) is 0 Å². The minimum Gasteiger partial charge on any atom is -0.487 e. The van der Waals surface area contributed by atoms with E-state index in [1.807, 2.05) is 12.1 Å². The number of benzene rings is 3. The van der Waals surface area contributed by atoms with E-state index in [1.165, 1.54) is 6.07 Å². The third kappa shape index (κ3) is 5.50. The average Bonchev–Trinajstić information content (AvgIpc) is 2.92. The molecular formula is C29H23FN4O2. The Morgan fingerprint density at radius 3 is 2.44 bits per heavy atom. The van der Waals surface area contributed by atoms with Crippen molar-refractivity contribution in [2.24, 2.45) is 0 Å². The lowest BCUT2D eigenvalue weighted by molar-refractivity contribution is 0.256. The van der Waals surface area contributed by atoms with Crippen molar-refractivity contribution in [2.75, 3.05) is 5.32 Å². The fraction of sp³-hybridized carbons (Fsp3) is 0.138. The second kappa shape index (κ2) is 11.1. The maximum atomic E-state index is 14.8. The lowest BCUT2D eigenvalue weighted by atomic mass is 10.0. The molecule has 0 aliphatic heterocycles.